The second-order valence-corrected chi connectivity index (χ2v) is 11.1. The molecule has 174 valence electrons. The summed E-state index contributed by atoms with van der Waals surface area (Å²) in [6.45, 7) is 4.87. The highest BCUT2D eigenvalue weighted by molar-refractivity contribution is 6.09. The number of hydrogen-bond acceptors (Lipinski definition) is 2. The fourth-order valence-corrected chi connectivity index (χ4v) is 7.14. The summed E-state index contributed by atoms with van der Waals surface area (Å²) in [6, 6.07) is 30.3. The SMILES string of the molecule is CC1(C)c2cc(Nc3ccc(-c4cccc5c4oc4ccccc45)cc3)ccc2C2=CC=CC3CC231. The molecule has 1 heterocycles. The first kappa shape index (κ1) is 20.2. The average molecular weight is 466 g/mol. The van der Waals surface area contributed by atoms with Gasteiger partial charge in [0.2, 0.25) is 0 Å². The fraction of sp³-hybridized carbons (Fsp3) is 0.176. The molecule has 8 rings (SSSR count). The zero-order valence-corrected chi connectivity index (χ0v) is 20.5. The summed E-state index contributed by atoms with van der Waals surface area (Å²) in [5.74, 6) is 0.695. The lowest BCUT2D eigenvalue weighted by Gasteiger charge is -2.31. The summed E-state index contributed by atoms with van der Waals surface area (Å²) in [5, 5.41) is 5.98. The van der Waals surface area contributed by atoms with Crippen LogP contribution in [-0.4, -0.2) is 0 Å². The van der Waals surface area contributed by atoms with Crippen molar-refractivity contribution in [3.05, 3.63) is 114 Å². The fourth-order valence-electron chi connectivity index (χ4n) is 7.14. The molecular formula is C34H27NO. The summed E-state index contributed by atoms with van der Waals surface area (Å²) >= 11 is 0. The molecule has 1 fully saturated rings. The van der Waals surface area contributed by atoms with Gasteiger partial charge in [-0.3, -0.25) is 0 Å². The van der Waals surface area contributed by atoms with Crippen LogP contribution in [0.4, 0.5) is 11.4 Å². The number of hydrogen-bond donors (Lipinski definition) is 1. The molecule has 1 saturated carbocycles. The number of anilines is 2. The van der Waals surface area contributed by atoms with E-state index in [1.807, 2.05) is 12.1 Å². The summed E-state index contributed by atoms with van der Waals surface area (Å²) < 4.78 is 6.25. The van der Waals surface area contributed by atoms with Gasteiger partial charge in [-0.1, -0.05) is 86.7 Å². The Morgan fingerprint density at radius 3 is 2.50 bits per heavy atom. The van der Waals surface area contributed by atoms with Gasteiger partial charge in [0.25, 0.3) is 0 Å². The smallest absolute Gasteiger partial charge is 0.143 e. The molecule has 2 atom stereocenters. The van der Waals surface area contributed by atoms with E-state index in [0.717, 1.165) is 44.4 Å². The van der Waals surface area contributed by atoms with Crippen LogP contribution >= 0.6 is 0 Å². The normalized spacial score (nSPS) is 22.7. The summed E-state index contributed by atoms with van der Waals surface area (Å²) in [4.78, 5) is 0. The zero-order chi connectivity index (χ0) is 24.1. The van der Waals surface area contributed by atoms with Crippen LogP contribution in [0.3, 0.4) is 0 Å². The van der Waals surface area contributed by atoms with E-state index in [-0.39, 0.29) is 5.41 Å². The van der Waals surface area contributed by atoms with Gasteiger partial charge in [-0.15, -0.1) is 0 Å². The van der Waals surface area contributed by atoms with Crippen LogP contribution in [0.15, 0.2) is 108 Å². The highest BCUT2D eigenvalue weighted by Crippen LogP contribution is 2.76. The van der Waals surface area contributed by atoms with E-state index in [0.29, 0.717) is 11.3 Å². The van der Waals surface area contributed by atoms with E-state index in [9.17, 15) is 0 Å². The third-order valence-corrected chi connectivity index (χ3v) is 9.09. The highest BCUT2D eigenvalue weighted by atomic mass is 16.3. The largest absolute Gasteiger partial charge is 0.455 e. The first-order chi connectivity index (χ1) is 17.6. The molecular weight excluding hydrogens is 438 g/mol. The van der Waals surface area contributed by atoms with Crippen LogP contribution < -0.4 is 5.32 Å². The Labute approximate surface area is 211 Å². The Morgan fingerprint density at radius 2 is 1.61 bits per heavy atom. The second kappa shape index (κ2) is 6.79. The zero-order valence-electron chi connectivity index (χ0n) is 20.5. The molecule has 1 aromatic heterocycles. The van der Waals surface area contributed by atoms with Gasteiger partial charge in [-0.25, -0.2) is 0 Å². The maximum absolute atomic E-state index is 6.25. The van der Waals surface area contributed by atoms with Crippen molar-refractivity contribution < 1.29 is 4.42 Å². The minimum atomic E-state index is 0.149. The number of benzene rings is 4. The lowest BCUT2D eigenvalue weighted by atomic mass is 9.72. The van der Waals surface area contributed by atoms with Crippen molar-refractivity contribution in [2.24, 2.45) is 11.3 Å². The number of rotatable bonds is 3. The van der Waals surface area contributed by atoms with Gasteiger partial charge in [-0.2, -0.15) is 0 Å². The molecule has 1 spiro atoms. The van der Waals surface area contributed by atoms with E-state index in [1.165, 1.54) is 17.5 Å². The van der Waals surface area contributed by atoms with Crippen molar-refractivity contribution >= 4 is 38.9 Å². The Bertz CT molecular complexity index is 1760. The van der Waals surface area contributed by atoms with Crippen molar-refractivity contribution in [2.45, 2.75) is 25.7 Å². The van der Waals surface area contributed by atoms with E-state index >= 15 is 0 Å². The first-order valence-electron chi connectivity index (χ1n) is 12.9. The minimum Gasteiger partial charge on any atom is -0.455 e. The molecule has 4 aromatic carbocycles. The third-order valence-electron chi connectivity index (χ3n) is 9.09. The highest BCUT2D eigenvalue weighted by Gasteiger charge is 2.68. The molecule has 2 heteroatoms. The summed E-state index contributed by atoms with van der Waals surface area (Å²) in [6.07, 6.45) is 8.30. The lowest BCUT2D eigenvalue weighted by molar-refractivity contribution is 0.376. The predicted octanol–water partition coefficient (Wildman–Crippen LogP) is 9.25. The maximum Gasteiger partial charge on any atom is 0.143 e. The van der Waals surface area contributed by atoms with Crippen LogP contribution in [0.5, 0.6) is 0 Å². The van der Waals surface area contributed by atoms with E-state index in [4.69, 9.17) is 4.42 Å². The molecule has 5 aromatic rings. The number of allylic oxidation sites excluding steroid dienone is 4. The predicted molar refractivity (Wildman–Crippen MR) is 150 cm³/mol. The number of fused-ring (bicyclic) bond motifs is 5. The summed E-state index contributed by atoms with van der Waals surface area (Å²) in [5.41, 5.74) is 11.3. The van der Waals surface area contributed by atoms with Gasteiger partial charge < -0.3 is 9.73 Å². The lowest BCUT2D eigenvalue weighted by Crippen LogP contribution is -2.27. The number of furan rings is 1. The molecule has 0 aliphatic heterocycles. The van der Waals surface area contributed by atoms with Gasteiger partial charge in [-0.05, 0) is 64.9 Å². The summed E-state index contributed by atoms with van der Waals surface area (Å²) in [7, 11) is 0. The van der Waals surface area contributed by atoms with E-state index in [2.05, 4.69) is 110 Å². The van der Waals surface area contributed by atoms with Crippen LogP contribution in [0, 0.1) is 11.3 Å². The molecule has 1 N–H and O–H groups in total. The quantitative estimate of drug-likeness (QED) is 0.287. The molecule has 2 nitrogen and oxygen atoms in total. The molecule has 0 radical (unpaired) electrons. The van der Waals surface area contributed by atoms with Gasteiger partial charge in [0.1, 0.15) is 11.2 Å². The first-order valence-corrected chi connectivity index (χ1v) is 12.9. The topological polar surface area (TPSA) is 25.2 Å². The molecule has 3 aliphatic carbocycles. The van der Waals surface area contributed by atoms with E-state index in [1.54, 1.807) is 5.57 Å². The molecule has 0 saturated heterocycles. The van der Waals surface area contributed by atoms with Crippen molar-refractivity contribution in [2.75, 3.05) is 5.32 Å². The third kappa shape index (κ3) is 2.51. The molecule has 3 aliphatic rings. The Hall–Kier alpha value is -4.04. The number of para-hydroxylation sites is 2. The van der Waals surface area contributed by atoms with Crippen molar-refractivity contribution in [1.82, 2.24) is 0 Å². The Kier molecular flexibility index (Phi) is 3.81. The Balaban J connectivity index is 1.12. The second-order valence-electron chi connectivity index (χ2n) is 11.1. The maximum atomic E-state index is 6.25. The standard InChI is InChI=1S/C34H27NO/c1-33(2)30-19-24(17-18-28(30)29-11-5-7-22-20-34(22,29)33)35-23-15-13-21(14-16-23)25-9-6-10-27-26-8-3-4-12-31(26)36-32(25)27/h3-19,22,35H,20H2,1-2H3. The van der Waals surface area contributed by atoms with Gasteiger partial charge in [0.15, 0.2) is 0 Å². The molecule has 2 unspecified atom stereocenters. The average Bonchev–Trinajstić information content (AvgIpc) is 3.51. The molecule has 36 heavy (non-hydrogen) atoms. The van der Waals surface area contributed by atoms with Crippen molar-refractivity contribution in [1.29, 1.82) is 0 Å². The molecule has 0 bridgehead atoms. The van der Waals surface area contributed by atoms with Crippen LogP contribution in [-0.2, 0) is 5.41 Å². The van der Waals surface area contributed by atoms with E-state index < -0.39 is 0 Å². The van der Waals surface area contributed by atoms with Gasteiger partial charge >= 0.3 is 0 Å². The van der Waals surface area contributed by atoms with Gasteiger partial charge in [0, 0.05) is 38.5 Å². The number of nitrogens with one attached hydrogen (secondary N) is 1. The Morgan fingerprint density at radius 1 is 0.806 bits per heavy atom. The van der Waals surface area contributed by atoms with Crippen LogP contribution in [0.2, 0.25) is 0 Å². The van der Waals surface area contributed by atoms with Crippen LogP contribution in [0.1, 0.15) is 31.4 Å². The minimum absolute atomic E-state index is 0.149. The molecule has 0 amide bonds. The van der Waals surface area contributed by atoms with Crippen molar-refractivity contribution in [3.8, 4) is 11.1 Å². The van der Waals surface area contributed by atoms with Crippen LogP contribution in [0.25, 0.3) is 38.6 Å². The van der Waals surface area contributed by atoms with Crippen molar-refractivity contribution in [3.63, 3.8) is 0 Å². The van der Waals surface area contributed by atoms with Gasteiger partial charge in [0.05, 0.1) is 0 Å². The monoisotopic (exact) mass is 465 g/mol.